The number of rotatable bonds is 3. The van der Waals surface area contributed by atoms with E-state index in [1.54, 1.807) is 35.7 Å². The second-order valence-electron chi connectivity index (χ2n) is 4.71. The van der Waals surface area contributed by atoms with Gasteiger partial charge in [0.1, 0.15) is 0 Å². The highest BCUT2D eigenvalue weighted by molar-refractivity contribution is 7.13. The molecule has 3 rings (SSSR count). The third-order valence-electron chi connectivity index (χ3n) is 3.05. The third kappa shape index (κ3) is 3.81. The van der Waals surface area contributed by atoms with Crippen LogP contribution in [0.4, 0.5) is 11.4 Å². The minimum absolute atomic E-state index is 0.472. The van der Waals surface area contributed by atoms with Gasteiger partial charge in [-0.15, -0.1) is 11.3 Å². The van der Waals surface area contributed by atoms with Gasteiger partial charge in [0.05, 0.1) is 11.9 Å². The van der Waals surface area contributed by atoms with Gasteiger partial charge in [-0.25, -0.2) is 0 Å². The molecule has 5 nitrogen and oxygen atoms in total. The molecule has 2 aromatic heterocycles. The second kappa shape index (κ2) is 6.85. The molecule has 0 aliphatic carbocycles. The van der Waals surface area contributed by atoms with E-state index in [1.165, 1.54) is 6.20 Å². The molecule has 3 aromatic rings. The number of hydrogen-bond donors (Lipinski definition) is 2. The predicted molar refractivity (Wildman–Crippen MR) is 91.3 cm³/mol. The van der Waals surface area contributed by atoms with Crippen molar-refractivity contribution < 1.29 is 9.59 Å². The summed E-state index contributed by atoms with van der Waals surface area (Å²) in [4.78, 5) is 28.8. The Morgan fingerprint density at radius 1 is 0.913 bits per heavy atom. The van der Waals surface area contributed by atoms with Crippen molar-refractivity contribution >= 4 is 34.5 Å². The molecule has 0 saturated carbocycles. The quantitative estimate of drug-likeness (QED) is 0.726. The number of pyridine rings is 1. The van der Waals surface area contributed by atoms with Crippen LogP contribution in [0, 0.1) is 0 Å². The first-order chi connectivity index (χ1) is 11.2. The maximum absolute atomic E-state index is 12.0. The van der Waals surface area contributed by atoms with Crippen LogP contribution in [0.3, 0.4) is 0 Å². The summed E-state index contributed by atoms with van der Waals surface area (Å²) in [5, 5.41) is 7.08. The van der Waals surface area contributed by atoms with Gasteiger partial charge in [-0.1, -0.05) is 18.2 Å². The highest BCUT2D eigenvalue weighted by Gasteiger charge is 2.14. The third-order valence-corrected chi connectivity index (χ3v) is 3.97. The maximum atomic E-state index is 12.0. The van der Waals surface area contributed by atoms with Crippen LogP contribution >= 0.6 is 11.3 Å². The Balaban J connectivity index is 1.68. The molecule has 6 heteroatoms. The van der Waals surface area contributed by atoms with Crippen LogP contribution in [0.5, 0.6) is 0 Å². The van der Waals surface area contributed by atoms with Gasteiger partial charge in [-0.3, -0.25) is 14.6 Å². The first kappa shape index (κ1) is 14.9. The molecule has 0 unspecified atom stereocenters. The highest BCUT2D eigenvalue weighted by atomic mass is 32.1. The van der Waals surface area contributed by atoms with Crippen molar-refractivity contribution in [2.75, 3.05) is 10.6 Å². The highest BCUT2D eigenvalue weighted by Crippen LogP contribution is 2.26. The summed E-state index contributed by atoms with van der Waals surface area (Å²) in [5.41, 5.74) is 2.03. The summed E-state index contributed by atoms with van der Waals surface area (Å²) in [6.07, 6.45) is 3.06. The van der Waals surface area contributed by atoms with Crippen LogP contribution in [0.15, 0.2) is 66.3 Å². The first-order valence-electron chi connectivity index (χ1n) is 6.89. The van der Waals surface area contributed by atoms with E-state index in [1.807, 2.05) is 35.7 Å². The number of nitrogens with zero attached hydrogens (tertiary/aromatic N) is 1. The lowest BCUT2D eigenvalue weighted by Crippen LogP contribution is -2.29. The molecular formula is C17H13N3O2S. The van der Waals surface area contributed by atoms with Gasteiger partial charge in [0.25, 0.3) is 0 Å². The van der Waals surface area contributed by atoms with E-state index >= 15 is 0 Å². The SMILES string of the molecule is O=C(Nc1cccnc1)C(=O)Nc1cccc(-c2cccs2)c1. The van der Waals surface area contributed by atoms with E-state index in [0.29, 0.717) is 11.4 Å². The van der Waals surface area contributed by atoms with Gasteiger partial charge in [-0.05, 0) is 41.3 Å². The van der Waals surface area contributed by atoms with Crippen molar-refractivity contribution in [2.24, 2.45) is 0 Å². The first-order valence-corrected chi connectivity index (χ1v) is 7.76. The van der Waals surface area contributed by atoms with Crippen LogP contribution in [0.1, 0.15) is 0 Å². The van der Waals surface area contributed by atoms with E-state index < -0.39 is 11.8 Å². The molecule has 0 bridgehead atoms. The van der Waals surface area contributed by atoms with Gasteiger partial charge in [0, 0.05) is 16.8 Å². The Kier molecular flexibility index (Phi) is 4.44. The van der Waals surface area contributed by atoms with Crippen molar-refractivity contribution in [3.05, 3.63) is 66.3 Å². The minimum Gasteiger partial charge on any atom is -0.318 e. The molecule has 2 heterocycles. The molecule has 0 aliphatic rings. The largest absolute Gasteiger partial charge is 0.318 e. The lowest BCUT2D eigenvalue weighted by Gasteiger charge is -2.07. The molecule has 2 amide bonds. The second-order valence-corrected chi connectivity index (χ2v) is 5.66. The van der Waals surface area contributed by atoms with Crippen LogP contribution in [0.2, 0.25) is 0 Å². The Morgan fingerprint density at radius 2 is 1.70 bits per heavy atom. The lowest BCUT2D eigenvalue weighted by molar-refractivity contribution is -0.133. The molecule has 0 aliphatic heterocycles. The molecule has 0 saturated heterocycles. The van der Waals surface area contributed by atoms with Crippen LogP contribution in [-0.4, -0.2) is 16.8 Å². The average molecular weight is 323 g/mol. The zero-order valence-corrected chi connectivity index (χ0v) is 12.8. The zero-order chi connectivity index (χ0) is 16.1. The smallest absolute Gasteiger partial charge is 0.314 e. The number of carbonyl (C=O) groups is 2. The van der Waals surface area contributed by atoms with Gasteiger partial charge >= 0.3 is 11.8 Å². The fraction of sp³-hybridized carbons (Fsp3) is 0. The maximum Gasteiger partial charge on any atom is 0.314 e. The fourth-order valence-electron chi connectivity index (χ4n) is 2.01. The molecule has 0 atom stereocenters. The van der Waals surface area contributed by atoms with E-state index in [-0.39, 0.29) is 0 Å². The summed E-state index contributed by atoms with van der Waals surface area (Å²) in [6.45, 7) is 0. The summed E-state index contributed by atoms with van der Waals surface area (Å²) >= 11 is 1.61. The predicted octanol–water partition coefficient (Wildman–Crippen LogP) is 3.39. The number of nitrogens with one attached hydrogen (secondary N) is 2. The Hall–Kier alpha value is -2.99. The Bertz CT molecular complexity index is 817. The minimum atomic E-state index is -0.737. The van der Waals surface area contributed by atoms with Crippen LogP contribution in [-0.2, 0) is 9.59 Å². The fourth-order valence-corrected chi connectivity index (χ4v) is 2.73. The lowest BCUT2D eigenvalue weighted by atomic mass is 10.1. The van der Waals surface area contributed by atoms with E-state index in [2.05, 4.69) is 15.6 Å². The van der Waals surface area contributed by atoms with E-state index in [0.717, 1.165) is 10.4 Å². The number of carbonyl (C=O) groups excluding carboxylic acids is 2. The molecule has 23 heavy (non-hydrogen) atoms. The Labute approximate surface area is 137 Å². The van der Waals surface area contributed by atoms with Crippen LogP contribution in [0.25, 0.3) is 10.4 Å². The average Bonchev–Trinajstić information content (AvgIpc) is 3.10. The van der Waals surface area contributed by atoms with E-state index in [9.17, 15) is 9.59 Å². The molecule has 1 aromatic carbocycles. The van der Waals surface area contributed by atoms with Crippen molar-refractivity contribution in [2.45, 2.75) is 0 Å². The molecule has 2 N–H and O–H groups in total. The summed E-state index contributed by atoms with van der Waals surface area (Å²) < 4.78 is 0. The van der Waals surface area contributed by atoms with Crippen LogP contribution < -0.4 is 10.6 Å². The van der Waals surface area contributed by atoms with Crippen molar-refractivity contribution in [1.82, 2.24) is 4.98 Å². The number of anilines is 2. The van der Waals surface area contributed by atoms with Gasteiger partial charge in [-0.2, -0.15) is 0 Å². The topological polar surface area (TPSA) is 71.1 Å². The molecule has 114 valence electrons. The van der Waals surface area contributed by atoms with Gasteiger partial charge < -0.3 is 10.6 Å². The van der Waals surface area contributed by atoms with Gasteiger partial charge in [0.2, 0.25) is 0 Å². The molecule has 0 fully saturated rings. The standard InChI is InChI=1S/C17H13N3O2S/c21-16(17(22)20-14-6-2-8-18-11-14)19-13-5-1-4-12(10-13)15-7-3-9-23-15/h1-11H,(H,19,21)(H,20,22). The van der Waals surface area contributed by atoms with Crippen molar-refractivity contribution in [3.63, 3.8) is 0 Å². The Morgan fingerprint density at radius 3 is 2.39 bits per heavy atom. The normalized spacial score (nSPS) is 10.1. The zero-order valence-electron chi connectivity index (χ0n) is 12.0. The summed E-state index contributed by atoms with van der Waals surface area (Å²) in [6, 6.07) is 14.7. The summed E-state index contributed by atoms with van der Waals surface area (Å²) in [7, 11) is 0. The van der Waals surface area contributed by atoms with Crippen molar-refractivity contribution in [3.8, 4) is 10.4 Å². The molecule has 0 radical (unpaired) electrons. The monoisotopic (exact) mass is 323 g/mol. The number of hydrogen-bond acceptors (Lipinski definition) is 4. The van der Waals surface area contributed by atoms with E-state index in [4.69, 9.17) is 0 Å². The van der Waals surface area contributed by atoms with Gasteiger partial charge in [0.15, 0.2) is 0 Å². The van der Waals surface area contributed by atoms with Crippen molar-refractivity contribution in [1.29, 1.82) is 0 Å². The molecular weight excluding hydrogens is 310 g/mol. The number of benzene rings is 1. The summed E-state index contributed by atoms with van der Waals surface area (Å²) in [5.74, 6) is -1.46. The number of aromatic nitrogens is 1. The number of amides is 2. The number of thiophene rings is 1. The molecule has 0 spiro atoms.